The number of benzene rings is 1. The number of hydrogen-bond donors (Lipinski definition) is 0. The van der Waals surface area contributed by atoms with E-state index in [2.05, 4.69) is 14.9 Å². The molecule has 102 valence electrons. The Hall–Kier alpha value is -2.43. The predicted molar refractivity (Wildman–Crippen MR) is 77.3 cm³/mol. The molecule has 0 spiro atoms. The van der Waals surface area contributed by atoms with Crippen molar-refractivity contribution in [3.8, 4) is 11.3 Å². The summed E-state index contributed by atoms with van der Waals surface area (Å²) in [5, 5.41) is 0. The van der Waals surface area contributed by atoms with Crippen LogP contribution in [-0.2, 0) is 4.79 Å². The second-order valence-electron chi connectivity index (χ2n) is 4.75. The van der Waals surface area contributed by atoms with E-state index in [4.69, 9.17) is 0 Å². The monoisotopic (exact) mass is 268 g/mol. The van der Waals surface area contributed by atoms with Crippen molar-refractivity contribution in [2.45, 2.75) is 0 Å². The molecule has 0 bridgehead atoms. The van der Waals surface area contributed by atoms with Crippen LogP contribution < -0.4 is 4.90 Å². The van der Waals surface area contributed by atoms with Gasteiger partial charge in [0.2, 0.25) is 6.41 Å². The molecule has 5 nitrogen and oxygen atoms in total. The van der Waals surface area contributed by atoms with Crippen molar-refractivity contribution in [2.75, 3.05) is 31.1 Å². The molecule has 20 heavy (non-hydrogen) atoms. The molecule has 1 amide bonds. The number of nitrogens with zero attached hydrogens (tertiary/aromatic N) is 4. The lowest BCUT2D eigenvalue weighted by molar-refractivity contribution is -0.118. The van der Waals surface area contributed by atoms with Crippen molar-refractivity contribution in [1.29, 1.82) is 0 Å². The Bertz CT molecular complexity index is 579. The number of carbonyl (C=O) groups is 1. The van der Waals surface area contributed by atoms with E-state index in [1.807, 2.05) is 36.5 Å². The summed E-state index contributed by atoms with van der Waals surface area (Å²) in [6, 6.07) is 10.1. The number of aromatic nitrogens is 2. The van der Waals surface area contributed by atoms with Gasteiger partial charge in [-0.15, -0.1) is 0 Å². The van der Waals surface area contributed by atoms with Crippen LogP contribution in [0.25, 0.3) is 11.3 Å². The largest absolute Gasteiger partial charge is 0.365 e. The normalized spacial score (nSPS) is 15.2. The summed E-state index contributed by atoms with van der Waals surface area (Å²) in [5.41, 5.74) is 3.06. The fourth-order valence-electron chi connectivity index (χ4n) is 2.44. The molecule has 1 saturated heterocycles. The Kier molecular flexibility index (Phi) is 3.58. The molecule has 1 fully saturated rings. The van der Waals surface area contributed by atoms with Gasteiger partial charge in [-0.1, -0.05) is 30.3 Å². The summed E-state index contributed by atoms with van der Waals surface area (Å²) in [6.45, 7) is 3.11. The van der Waals surface area contributed by atoms with Crippen molar-refractivity contribution in [1.82, 2.24) is 14.9 Å². The Balaban J connectivity index is 1.89. The first-order valence-electron chi connectivity index (χ1n) is 6.68. The van der Waals surface area contributed by atoms with E-state index in [-0.39, 0.29) is 0 Å². The molecule has 1 aliphatic rings. The van der Waals surface area contributed by atoms with E-state index in [0.29, 0.717) is 0 Å². The summed E-state index contributed by atoms with van der Waals surface area (Å²) in [6.07, 6.45) is 4.34. The first kappa shape index (κ1) is 12.6. The molecule has 0 N–H and O–H groups in total. The summed E-state index contributed by atoms with van der Waals surface area (Å²) < 4.78 is 0. The van der Waals surface area contributed by atoms with Crippen molar-refractivity contribution in [3.63, 3.8) is 0 Å². The molecule has 1 aromatic heterocycles. The smallest absolute Gasteiger partial charge is 0.209 e. The summed E-state index contributed by atoms with van der Waals surface area (Å²) in [5.74, 6) is 0. The van der Waals surface area contributed by atoms with Gasteiger partial charge < -0.3 is 9.80 Å². The molecule has 0 unspecified atom stereocenters. The van der Waals surface area contributed by atoms with Crippen LogP contribution in [0.2, 0.25) is 0 Å². The average Bonchev–Trinajstić information content (AvgIpc) is 2.56. The Morgan fingerprint density at radius 1 is 1.05 bits per heavy atom. The molecule has 0 saturated carbocycles. The zero-order valence-electron chi connectivity index (χ0n) is 11.1. The highest BCUT2D eigenvalue weighted by Crippen LogP contribution is 2.28. The maximum atomic E-state index is 10.8. The van der Waals surface area contributed by atoms with Gasteiger partial charge in [0.1, 0.15) is 6.33 Å². The van der Waals surface area contributed by atoms with Crippen LogP contribution in [0, 0.1) is 0 Å². The third-order valence-corrected chi connectivity index (χ3v) is 3.54. The van der Waals surface area contributed by atoms with Gasteiger partial charge in [0.15, 0.2) is 0 Å². The third kappa shape index (κ3) is 2.47. The molecule has 1 aromatic carbocycles. The summed E-state index contributed by atoms with van der Waals surface area (Å²) in [4.78, 5) is 23.4. The SMILES string of the molecule is O=CN1CCN(c2cncnc2-c2ccccc2)CC1. The molecule has 0 atom stereocenters. The molecule has 2 heterocycles. The number of carbonyl (C=O) groups excluding carboxylic acids is 1. The van der Waals surface area contributed by atoms with Gasteiger partial charge in [0, 0.05) is 31.7 Å². The molecular weight excluding hydrogens is 252 g/mol. The minimum absolute atomic E-state index is 0.743. The van der Waals surface area contributed by atoms with Gasteiger partial charge in [-0.25, -0.2) is 9.97 Å². The lowest BCUT2D eigenvalue weighted by atomic mass is 10.1. The van der Waals surface area contributed by atoms with Gasteiger partial charge in [0.05, 0.1) is 17.6 Å². The van der Waals surface area contributed by atoms with Gasteiger partial charge in [0.25, 0.3) is 0 Å². The lowest BCUT2D eigenvalue weighted by Gasteiger charge is -2.34. The summed E-state index contributed by atoms with van der Waals surface area (Å²) >= 11 is 0. The molecular formula is C15H16N4O. The van der Waals surface area contributed by atoms with E-state index in [9.17, 15) is 4.79 Å². The fourth-order valence-corrected chi connectivity index (χ4v) is 2.44. The molecule has 1 aliphatic heterocycles. The Morgan fingerprint density at radius 2 is 1.80 bits per heavy atom. The highest BCUT2D eigenvalue weighted by Gasteiger charge is 2.19. The van der Waals surface area contributed by atoms with Crippen LogP contribution in [-0.4, -0.2) is 47.5 Å². The molecule has 0 radical (unpaired) electrons. The number of rotatable bonds is 3. The average molecular weight is 268 g/mol. The standard InChI is InChI=1S/C15H16N4O/c20-12-18-6-8-19(9-7-18)14-10-16-11-17-15(14)13-4-2-1-3-5-13/h1-5,10-12H,6-9H2. The number of piperazine rings is 1. The van der Waals surface area contributed by atoms with Gasteiger partial charge >= 0.3 is 0 Å². The zero-order chi connectivity index (χ0) is 13.8. The minimum Gasteiger partial charge on any atom is -0.365 e. The van der Waals surface area contributed by atoms with Gasteiger partial charge in [-0.2, -0.15) is 0 Å². The van der Waals surface area contributed by atoms with E-state index in [1.165, 1.54) is 0 Å². The van der Waals surface area contributed by atoms with Crippen LogP contribution in [0.1, 0.15) is 0 Å². The van der Waals surface area contributed by atoms with Crippen molar-refractivity contribution in [3.05, 3.63) is 42.9 Å². The van der Waals surface area contributed by atoms with Crippen LogP contribution in [0.4, 0.5) is 5.69 Å². The van der Waals surface area contributed by atoms with E-state index < -0.39 is 0 Å². The lowest BCUT2D eigenvalue weighted by Crippen LogP contribution is -2.46. The van der Waals surface area contributed by atoms with E-state index in [1.54, 1.807) is 11.2 Å². The molecule has 5 heteroatoms. The maximum absolute atomic E-state index is 10.8. The second-order valence-corrected chi connectivity index (χ2v) is 4.75. The fraction of sp³-hybridized carbons (Fsp3) is 0.267. The predicted octanol–water partition coefficient (Wildman–Crippen LogP) is 1.42. The van der Waals surface area contributed by atoms with Crippen molar-refractivity contribution in [2.24, 2.45) is 0 Å². The maximum Gasteiger partial charge on any atom is 0.209 e. The van der Waals surface area contributed by atoms with E-state index in [0.717, 1.165) is 49.5 Å². The number of anilines is 1. The van der Waals surface area contributed by atoms with E-state index >= 15 is 0 Å². The zero-order valence-corrected chi connectivity index (χ0v) is 11.1. The van der Waals surface area contributed by atoms with Crippen molar-refractivity contribution < 1.29 is 4.79 Å². The van der Waals surface area contributed by atoms with Crippen LogP contribution in [0.5, 0.6) is 0 Å². The quantitative estimate of drug-likeness (QED) is 0.790. The van der Waals surface area contributed by atoms with Gasteiger partial charge in [-0.3, -0.25) is 4.79 Å². The van der Waals surface area contributed by atoms with Crippen molar-refractivity contribution >= 4 is 12.1 Å². The minimum atomic E-state index is 0.743. The molecule has 3 rings (SSSR count). The van der Waals surface area contributed by atoms with Crippen LogP contribution in [0.3, 0.4) is 0 Å². The number of amides is 1. The molecule has 0 aliphatic carbocycles. The number of hydrogen-bond acceptors (Lipinski definition) is 4. The van der Waals surface area contributed by atoms with Crippen LogP contribution in [0.15, 0.2) is 42.9 Å². The molecule has 2 aromatic rings. The first-order valence-corrected chi connectivity index (χ1v) is 6.68. The Morgan fingerprint density at radius 3 is 2.50 bits per heavy atom. The van der Waals surface area contributed by atoms with Crippen LogP contribution >= 0.6 is 0 Å². The van der Waals surface area contributed by atoms with Gasteiger partial charge in [-0.05, 0) is 0 Å². The topological polar surface area (TPSA) is 49.3 Å². The highest BCUT2D eigenvalue weighted by atomic mass is 16.1. The second kappa shape index (κ2) is 5.69. The first-order chi connectivity index (χ1) is 9.88. The Labute approximate surface area is 117 Å². The summed E-state index contributed by atoms with van der Waals surface area (Å²) in [7, 11) is 0. The highest BCUT2D eigenvalue weighted by molar-refractivity contribution is 5.74. The third-order valence-electron chi connectivity index (χ3n) is 3.54.